The van der Waals surface area contributed by atoms with Gasteiger partial charge in [0.05, 0.1) is 13.5 Å². The van der Waals surface area contributed by atoms with Crippen molar-refractivity contribution in [2.45, 2.75) is 51.3 Å². The van der Waals surface area contributed by atoms with Crippen molar-refractivity contribution in [3.8, 4) is 0 Å². The fraction of sp³-hybridized carbons (Fsp3) is 0.846. The van der Waals surface area contributed by atoms with E-state index in [2.05, 4.69) is 10.1 Å². The van der Waals surface area contributed by atoms with Crippen LogP contribution in [0, 0.1) is 5.41 Å². The van der Waals surface area contributed by atoms with Crippen molar-refractivity contribution < 1.29 is 18.5 Å². The summed E-state index contributed by atoms with van der Waals surface area (Å²) >= 11 is 0. The number of carbonyl (C=O) groups excluding carboxylic acids is 2. The Balaban J connectivity index is 2.50. The number of methoxy groups -OCH3 is 1. The smallest absolute Gasteiger partial charge is 0.306 e. The van der Waals surface area contributed by atoms with Crippen LogP contribution >= 0.6 is 0 Å². The highest BCUT2D eigenvalue weighted by molar-refractivity contribution is 7.86. The van der Waals surface area contributed by atoms with Crippen LogP contribution in [0.2, 0.25) is 0 Å². The molecule has 5 nitrogen and oxygen atoms in total. The van der Waals surface area contributed by atoms with Crippen LogP contribution in [0.4, 0.5) is 0 Å². The van der Waals surface area contributed by atoms with Crippen molar-refractivity contribution in [2.24, 2.45) is 5.41 Å². The van der Waals surface area contributed by atoms with Gasteiger partial charge in [0, 0.05) is 22.6 Å². The molecule has 1 saturated carbocycles. The summed E-state index contributed by atoms with van der Waals surface area (Å²) in [6.07, 6.45) is 2.06. The molecular weight excluding hydrogens is 266 g/mol. The third kappa shape index (κ3) is 4.93. The van der Waals surface area contributed by atoms with E-state index >= 15 is 0 Å². The molecular formula is C13H23NO4S. The summed E-state index contributed by atoms with van der Waals surface area (Å²) in [5.41, 5.74) is -0.204. The van der Waals surface area contributed by atoms with Gasteiger partial charge in [0.15, 0.2) is 0 Å². The molecule has 1 rings (SSSR count). The minimum atomic E-state index is -1.26. The molecule has 19 heavy (non-hydrogen) atoms. The van der Waals surface area contributed by atoms with Crippen molar-refractivity contribution in [3.05, 3.63) is 0 Å². The number of ether oxygens (including phenoxy) is 1. The summed E-state index contributed by atoms with van der Waals surface area (Å²) in [6.45, 7) is 5.41. The Hall–Kier alpha value is -0.910. The van der Waals surface area contributed by atoms with Gasteiger partial charge in [-0.05, 0) is 39.0 Å². The average Bonchev–Trinajstić information content (AvgIpc) is 3.06. The molecule has 1 aliphatic rings. The molecule has 2 unspecified atom stereocenters. The second-order valence-corrected chi connectivity index (χ2v) is 7.34. The highest BCUT2D eigenvalue weighted by atomic mass is 32.2. The van der Waals surface area contributed by atoms with Crippen molar-refractivity contribution in [1.29, 1.82) is 0 Å². The van der Waals surface area contributed by atoms with Crippen LogP contribution < -0.4 is 5.32 Å². The summed E-state index contributed by atoms with van der Waals surface area (Å²) in [5.74, 6) is -0.0644. The summed E-state index contributed by atoms with van der Waals surface area (Å²) in [7, 11) is 0.0988. The molecule has 1 fully saturated rings. The standard InChI is InChI=1S/C13H23NO4S/c1-9(2)14-12(16)10(3)19(17)8-13(5-6-13)7-11(15)18-4/h9-10H,5-8H2,1-4H3,(H,14,16). The van der Waals surface area contributed by atoms with Crippen molar-refractivity contribution >= 4 is 22.7 Å². The second kappa shape index (κ2) is 6.50. The van der Waals surface area contributed by atoms with Crippen LogP contribution in [0.5, 0.6) is 0 Å². The zero-order valence-corrected chi connectivity index (χ0v) is 12.8. The summed E-state index contributed by atoms with van der Waals surface area (Å²) in [4.78, 5) is 23.1. The van der Waals surface area contributed by atoms with Crippen LogP contribution in [0.25, 0.3) is 0 Å². The molecule has 0 aliphatic heterocycles. The maximum absolute atomic E-state index is 12.2. The molecule has 1 aliphatic carbocycles. The van der Waals surface area contributed by atoms with Gasteiger partial charge in [0.25, 0.3) is 0 Å². The van der Waals surface area contributed by atoms with E-state index < -0.39 is 16.0 Å². The van der Waals surface area contributed by atoms with Crippen molar-refractivity contribution in [1.82, 2.24) is 5.32 Å². The first-order valence-electron chi connectivity index (χ1n) is 6.54. The molecule has 0 radical (unpaired) electrons. The van der Waals surface area contributed by atoms with Gasteiger partial charge < -0.3 is 10.1 Å². The predicted molar refractivity (Wildman–Crippen MR) is 74.1 cm³/mol. The first-order chi connectivity index (χ1) is 8.79. The average molecular weight is 289 g/mol. The van der Waals surface area contributed by atoms with Gasteiger partial charge in [-0.3, -0.25) is 13.8 Å². The van der Waals surface area contributed by atoms with Crippen molar-refractivity contribution in [3.63, 3.8) is 0 Å². The lowest BCUT2D eigenvalue weighted by molar-refractivity contribution is -0.141. The quantitative estimate of drug-likeness (QED) is 0.709. The Bertz CT molecular complexity index is 377. The van der Waals surface area contributed by atoms with Gasteiger partial charge in [-0.15, -0.1) is 0 Å². The van der Waals surface area contributed by atoms with E-state index in [1.54, 1.807) is 6.92 Å². The van der Waals surface area contributed by atoms with Crippen LogP contribution in [-0.4, -0.2) is 40.2 Å². The Labute approximate surface area is 116 Å². The second-order valence-electron chi connectivity index (χ2n) is 5.58. The number of nitrogens with one attached hydrogen (secondary N) is 1. The molecule has 6 heteroatoms. The molecule has 0 spiro atoms. The first kappa shape index (κ1) is 16.1. The van der Waals surface area contributed by atoms with Gasteiger partial charge in [0.2, 0.25) is 5.91 Å². The third-order valence-electron chi connectivity index (χ3n) is 3.35. The zero-order valence-electron chi connectivity index (χ0n) is 12.0. The lowest BCUT2D eigenvalue weighted by atomic mass is 10.1. The minimum Gasteiger partial charge on any atom is -0.469 e. The molecule has 0 aromatic carbocycles. The molecule has 2 atom stereocenters. The SMILES string of the molecule is COC(=O)CC1(CS(=O)C(C)C(=O)NC(C)C)CC1. The summed E-state index contributed by atoms with van der Waals surface area (Å²) < 4.78 is 16.8. The van der Waals surface area contributed by atoms with E-state index in [-0.39, 0.29) is 23.3 Å². The molecule has 1 amide bonds. The molecule has 110 valence electrons. The van der Waals surface area contributed by atoms with Gasteiger partial charge >= 0.3 is 5.97 Å². The number of esters is 1. The van der Waals surface area contributed by atoms with Gasteiger partial charge in [-0.2, -0.15) is 0 Å². The van der Waals surface area contributed by atoms with E-state index in [9.17, 15) is 13.8 Å². The van der Waals surface area contributed by atoms with Gasteiger partial charge in [-0.25, -0.2) is 0 Å². The fourth-order valence-corrected chi connectivity index (χ4v) is 3.43. The molecule has 0 saturated heterocycles. The largest absolute Gasteiger partial charge is 0.469 e. The lowest BCUT2D eigenvalue weighted by Gasteiger charge is -2.18. The number of hydrogen-bond acceptors (Lipinski definition) is 4. The maximum Gasteiger partial charge on any atom is 0.306 e. The summed E-state index contributed by atoms with van der Waals surface area (Å²) in [6, 6.07) is 0.0388. The van der Waals surface area contributed by atoms with E-state index in [0.29, 0.717) is 12.2 Å². The van der Waals surface area contributed by atoms with Crippen LogP contribution in [-0.2, 0) is 25.1 Å². The molecule has 0 aromatic heterocycles. The van der Waals surface area contributed by atoms with Crippen LogP contribution in [0.15, 0.2) is 0 Å². The van der Waals surface area contributed by atoms with E-state index in [1.165, 1.54) is 7.11 Å². The van der Waals surface area contributed by atoms with E-state index in [4.69, 9.17) is 0 Å². The van der Waals surface area contributed by atoms with E-state index in [1.807, 2.05) is 13.8 Å². The lowest BCUT2D eigenvalue weighted by Crippen LogP contribution is -2.40. The third-order valence-corrected chi connectivity index (χ3v) is 5.25. The number of hydrogen-bond donors (Lipinski definition) is 1. The number of amides is 1. The monoisotopic (exact) mass is 289 g/mol. The fourth-order valence-electron chi connectivity index (χ4n) is 1.88. The highest BCUT2D eigenvalue weighted by Gasteiger charge is 2.46. The van der Waals surface area contributed by atoms with Crippen LogP contribution in [0.1, 0.15) is 40.0 Å². The maximum atomic E-state index is 12.2. The number of rotatable bonds is 7. The Morgan fingerprint density at radius 2 is 1.89 bits per heavy atom. The topological polar surface area (TPSA) is 72.5 Å². The highest BCUT2D eigenvalue weighted by Crippen LogP contribution is 2.49. The molecule has 0 bridgehead atoms. The van der Waals surface area contributed by atoms with E-state index in [0.717, 1.165) is 12.8 Å². The molecule has 0 aromatic rings. The minimum absolute atomic E-state index is 0.0388. The van der Waals surface area contributed by atoms with Crippen molar-refractivity contribution in [2.75, 3.05) is 12.9 Å². The van der Waals surface area contributed by atoms with Gasteiger partial charge in [-0.1, -0.05) is 0 Å². The Kier molecular flexibility index (Phi) is 5.52. The van der Waals surface area contributed by atoms with Crippen LogP contribution in [0.3, 0.4) is 0 Å². The normalized spacial score (nSPS) is 19.6. The Morgan fingerprint density at radius 1 is 1.32 bits per heavy atom. The molecule has 1 N–H and O–H groups in total. The Morgan fingerprint density at radius 3 is 2.32 bits per heavy atom. The van der Waals surface area contributed by atoms with Gasteiger partial charge in [0.1, 0.15) is 5.25 Å². The first-order valence-corrected chi connectivity index (χ1v) is 7.92. The molecule has 0 heterocycles. The number of carbonyl (C=O) groups is 2. The zero-order chi connectivity index (χ0) is 14.6. The summed E-state index contributed by atoms with van der Waals surface area (Å²) in [5, 5.41) is 2.21. The predicted octanol–water partition coefficient (Wildman–Crippen LogP) is 0.991.